The Kier molecular flexibility index (Phi) is 6.16. The third-order valence-corrected chi connectivity index (χ3v) is 5.49. The Hall–Kier alpha value is -3.74. The van der Waals surface area contributed by atoms with E-state index in [1.807, 2.05) is 37.3 Å². The van der Waals surface area contributed by atoms with Crippen molar-refractivity contribution in [3.05, 3.63) is 77.6 Å². The van der Waals surface area contributed by atoms with Crippen LogP contribution in [-0.4, -0.2) is 27.5 Å². The second kappa shape index (κ2) is 9.18. The van der Waals surface area contributed by atoms with Crippen molar-refractivity contribution in [1.29, 1.82) is 0 Å². The molecular formula is C25H25FN4O2. The van der Waals surface area contributed by atoms with Crippen LogP contribution < -0.4 is 10.1 Å². The van der Waals surface area contributed by atoms with E-state index in [-0.39, 0.29) is 18.3 Å². The second-order valence-electron chi connectivity index (χ2n) is 7.84. The van der Waals surface area contributed by atoms with Crippen LogP contribution in [0.3, 0.4) is 0 Å². The Morgan fingerprint density at radius 2 is 1.72 bits per heavy atom. The highest BCUT2D eigenvalue weighted by Crippen LogP contribution is 2.23. The van der Waals surface area contributed by atoms with Crippen LogP contribution in [0.2, 0.25) is 0 Å². The average molecular weight is 432 g/mol. The van der Waals surface area contributed by atoms with Gasteiger partial charge in [-0.1, -0.05) is 26.0 Å². The highest BCUT2D eigenvalue weighted by Gasteiger charge is 2.12. The average Bonchev–Trinajstić information content (AvgIpc) is 3.20. The van der Waals surface area contributed by atoms with Crippen LogP contribution in [0.5, 0.6) is 5.75 Å². The molecular weight excluding hydrogens is 407 g/mol. The first kappa shape index (κ1) is 21.5. The molecule has 0 fully saturated rings. The lowest BCUT2D eigenvalue weighted by Crippen LogP contribution is -2.20. The van der Waals surface area contributed by atoms with Gasteiger partial charge in [-0.15, -0.1) is 10.2 Å². The van der Waals surface area contributed by atoms with Crippen LogP contribution in [-0.2, 0) is 4.79 Å². The number of fused-ring (bicyclic) bond motifs is 1. The highest BCUT2D eigenvalue weighted by molar-refractivity contribution is 5.95. The van der Waals surface area contributed by atoms with Crippen LogP contribution in [0.15, 0.2) is 60.7 Å². The van der Waals surface area contributed by atoms with Gasteiger partial charge in [0.25, 0.3) is 5.91 Å². The maximum absolute atomic E-state index is 13.2. The molecule has 3 aromatic carbocycles. The molecule has 0 saturated carbocycles. The Morgan fingerprint density at radius 1 is 1.06 bits per heavy atom. The molecule has 164 valence electrons. The number of carbonyl (C=O) groups excluding carboxylic acids is 1. The monoisotopic (exact) mass is 432 g/mol. The van der Waals surface area contributed by atoms with Crippen LogP contribution >= 0.6 is 0 Å². The first-order chi connectivity index (χ1) is 15.4. The lowest BCUT2D eigenvalue weighted by molar-refractivity contribution is -0.118. The van der Waals surface area contributed by atoms with Gasteiger partial charge in [0.2, 0.25) is 0 Å². The summed E-state index contributed by atoms with van der Waals surface area (Å²) in [5.74, 6) is 0.567. The molecule has 0 bridgehead atoms. The number of hydrogen-bond acceptors (Lipinski definition) is 4. The molecule has 1 unspecified atom stereocenters. The van der Waals surface area contributed by atoms with Gasteiger partial charge in [0.15, 0.2) is 6.61 Å². The molecule has 1 amide bonds. The molecule has 32 heavy (non-hydrogen) atoms. The predicted molar refractivity (Wildman–Crippen MR) is 123 cm³/mol. The Labute approximate surface area is 186 Å². The van der Waals surface area contributed by atoms with E-state index < -0.39 is 0 Å². The van der Waals surface area contributed by atoms with Crippen molar-refractivity contribution in [2.45, 2.75) is 33.1 Å². The van der Waals surface area contributed by atoms with Gasteiger partial charge < -0.3 is 10.1 Å². The molecule has 1 N–H and O–H groups in total. The molecule has 0 spiro atoms. The van der Waals surface area contributed by atoms with Crippen molar-refractivity contribution < 1.29 is 13.9 Å². The van der Waals surface area contributed by atoms with Crippen molar-refractivity contribution in [3.8, 4) is 11.4 Å². The molecule has 7 heteroatoms. The molecule has 1 atom stereocenters. The maximum atomic E-state index is 13.2. The minimum absolute atomic E-state index is 0.0948. The number of carbonyl (C=O) groups is 1. The van der Waals surface area contributed by atoms with E-state index in [2.05, 4.69) is 29.4 Å². The molecule has 0 aliphatic carbocycles. The summed E-state index contributed by atoms with van der Waals surface area (Å²) in [6.07, 6.45) is 1.07. The number of nitrogens with zero attached hydrogens (tertiary/aromatic N) is 3. The van der Waals surface area contributed by atoms with E-state index in [0.29, 0.717) is 34.1 Å². The molecule has 1 heterocycles. The standard InChI is InChI=1S/C25H25FN4O2/c1-4-16(2)18-5-11-21(12-6-18)32-15-25(31)27-22-14-24-23(13-17(22)3)28-30(29-24)20-9-7-19(26)8-10-20/h5-14,16H,4,15H2,1-3H3,(H,27,31). The smallest absolute Gasteiger partial charge is 0.262 e. The summed E-state index contributed by atoms with van der Waals surface area (Å²) in [5, 5.41) is 11.8. The third-order valence-electron chi connectivity index (χ3n) is 5.49. The SMILES string of the molecule is CCC(C)c1ccc(OCC(=O)Nc2cc3nn(-c4ccc(F)cc4)nc3cc2C)cc1. The van der Waals surface area contributed by atoms with Gasteiger partial charge in [-0.25, -0.2) is 4.39 Å². The quantitative estimate of drug-likeness (QED) is 0.425. The summed E-state index contributed by atoms with van der Waals surface area (Å²) < 4.78 is 18.8. The van der Waals surface area contributed by atoms with E-state index in [1.54, 1.807) is 18.2 Å². The number of halogens is 1. The van der Waals surface area contributed by atoms with Crippen molar-refractivity contribution in [3.63, 3.8) is 0 Å². The number of rotatable bonds is 7. The summed E-state index contributed by atoms with van der Waals surface area (Å²) in [7, 11) is 0. The zero-order valence-electron chi connectivity index (χ0n) is 18.3. The Bertz CT molecular complexity index is 1230. The van der Waals surface area contributed by atoms with Gasteiger partial charge in [0.05, 0.1) is 5.69 Å². The maximum Gasteiger partial charge on any atom is 0.262 e. The first-order valence-electron chi connectivity index (χ1n) is 10.6. The molecule has 0 aliphatic heterocycles. The van der Waals surface area contributed by atoms with Gasteiger partial charge >= 0.3 is 0 Å². The molecule has 4 rings (SSSR count). The fraction of sp³-hybridized carbons (Fsp3) is 0.240. The van der Waals surface area contributed by atoms with Gasteiger partial charge in [-0.2, -0.15) is 4.80 Å². The number of aromatic nitrogens is 3. The lowest BCUT2D eigenvalue weighted by atomic mass is 9.99. The molecule has 0 radical (unpaired) electrons. The minimum Gasteiger partial charge on any atom is -0.484 e. The zero-order chi connectivity index (χ0) is 22.7. The van der Waals surface area contributed by atoms with Gasteiger partial charge in [-0.05, 0) is 78.9 Å². The fourth-order valence-corrected chi connectivity index (χ4v) is 3.36. The second-order valence-corrected chi connectivity index (χ2v) is 7.84. The summed E-state index contributed by atoms with van der Waals surface area (Å²) in [5.41, 5.74) is 4.71. The molecule has 4 aromatic rings. The summed E-state index contributed by atoms with van der Waals surface area (Å²) in [4.78, 5) is 13.9. The number of hydrogen-bond donors (Lipinski definition) is 1. The van der Waals surface area contributed by atoms with Crippen LogP contribution in [0.4, 0.5) is 10.1 Å². The number of amides is 1. The zero-order valence-corrected chi connectivity index (χ0v) is 18.3. The molecule has 0 saturated heterocycles. The Balaban J connectivity index is 1.43. The number of anilines is 1. The number of ether oxygens (including phenoxy) is 1. The topological polar surface area (TPSA) is 69.0 Å². The third kappa shape index (κ3) is 4.77. The van der Waals surface area contributed by atoms with E-state index in [1.165, 1.54) is 22.5 Å². The van der Waals surface area contributed by atoms with E-state index in [4.69, 9.17) is 4.74 Å². The number of aryl methyl sites for hydroxylation is 1. The molecule has 0 aliphatic rings. The van der Waals surface area contributed by atoms with Crippen LogP contribution in [0, 0.1) is 12.7 Å². The van der Waals surface area contributed by atoms with E-state index in [9.17, 15) is 9.18 Å². The van der Waals surface area contributed by atoms with E-state index in [0.717, 1.165) is 12.0 Å². The normalized spacial score (nSPS) is 12.0. The predicted octanol–water partition coefficient (Wildman–Crippen LogP) is 5.40. The number of nitrogens with one attached hydrogen (secondary N) is 1. The van der Waals surface area contributed by atoms with Crippen molar-refractivity contribution in [2.24, 2.45) is 0 Å². The molecule has 6 nitrogen and oxygen atoms in total. The molecule has 1 aromatic heterocycles. The summed E-state index contributed by atoms with van der Waals surface area (Å²) >= 11 is 0. The fourth-order valence-electron chi connectivity index (χ4n) is 3.36. The van der Waals surface area contributed by atoms with Crippen molar-refractivity contribution >= 4 is 22.6 Å². The largest absolute Gasteiger partial charge is 0.484 e. The summed E-state index contributed by atoms with van der Waals surface area (Å²) in [6, 6.07) is 17.4. The van der Waals surface area contributed by atoms with E-state index >= 15 is 0 Å². The number of benzene rings is 3. The van der Waals surface area contributed by atoms with Crippen LogP contribution in [0.1, 0.15) is 37.3 Å². The lowest BCUT2D eigenvalue weighted by Gasteiger charge is -2.11. The van der Waals surface area contributed by atoms with Gasteiger partial charge in [-0.3, -0.25) is 4.79 Å². The van der Waals surface area contributed by atoms with Gasteiger partial charge in [0, 0.05) is 5.69 Å². The van der Waals surface area contributed by atoms with Crippen molar-refractivity contribution in [1.82, 2.24) is 15.0 Å². The highest BCUT2D eigenvalue weighted by atomic mass is 19.1. The Morgan fingerprint density at radius 3 is 2.38 bits per heavy atom. The van der Waals surface area contributed by atoms with Crippen molar-refractivity contribution in [2.75, 3.05) is 11.9 Å². The minimum atomic E-state index is -0.319. The first-order valence-corrected chi connectivity index (χ1v) is 10.6. The summed E-state index contributed by atoms with van der Waals surface area (Å²) in [6.45, 7) is 6.13. The van der Waals surface area contributed by atoms with Gasteiger partial charge in [0.1, 0.15) is 22.6 Å². The van der Waals surface area contributed by atoms with Crippen LogP contribution in [0.25, 0.3) is 16.7 Å².